The van der Waals surface area contributed by atoms with Gasteiger partial charge in [-0.05, 0) is 19.8 Å². The topological polar surface area (TPSA) is 74.2 Å². The van der Waals surface area contributed by atoms with E-state index in [0.717, 1.165) is 0 Å². The van der Waals surface area contributed by atoms with E-state index in [4.69, 9.17) is 15.0 Å². The normalized spacial score (nSPS) is 15.4. The van der Waals surface area contributed by atoms with Crippen molar-refractivity contribution in [3.05, 3.63) is 11.7 Å². The van der Waals surface area contributed by atoms with Gasteiger partial charge in [-0.25, -0.2) is 0 Å². The van der Waals surface area contributed by atoms with Crippen molar-refractivity contribution in [2.45, 2.75) is 39.7 Å². The first-order valence-electron chi connectivity index (χ1n) is 5.75. The van der Waals surface area contributed by atoms with Crippen molar-refractivity contribution in [1.29, 1.82) is 0 Å². The predicted molar refractivity (Wildman–Crippen MR) is 61.0 cm³/mol. The predicted octanol–water partition coefficient (Wildman–Crippen LogP) is 1.87. The Balaban J connectivity index is 2.77. The van der Waals surface area contributed by atoms with Crippen LogP contribution in [0.4, 0.5) is 0 Å². The van der Waals surface area contributed by atoms with Crippen molar-refractivity contribution in [3.63, 3.8) is 0 Å². The summed E-state index contributed by atoms with van der Waals surface area (Å²) in [6.07, 6.45) is -0.131. The summed E-state index contributed by atoms with van der Waals surface area (Å²) >= 11 is 0. The van der Waals surface area contributed by atoms with Gasteiger partial charge in [-0.3, -0.25) is 0 Å². The molecule has 0 aliphatic rings. The molecule has 2 atom stereocenters. The van der Waals surface area contributed by atoms with Crippen molar-refractivity contribution >= 4 is 0 Å². The van der Waals surface area contributed by atoms with Gasteiger partial charge in [-0.1, -0.05) is 19.0 Å². The van der Waals surface area contributed by atoms with E-state index in [1.807, 2.05) is 13.8 Å². The fourth-order valence-electron chi connectivity index (χ4n) is 1.55. The second-order valence-electron chi connectivity index (χ2n) is 4.17. The van der Waals surface area contributed by atoms with Crippen LogP contribution < -0.4 is 5.73 Å². The molecule has 0 aliphatic heterocycles. The van der Waals surface area contributed by atoms with Crippen LogP contribution in [0.15, 0.2) is 4.52 Å². The molecule has 0 saturated carbocycles. The standard InChI is InChI=1S/C11H21N3O2/c1-5-15-8(4)10-13-11(16-14-10)9(6-12)7(2)3/h7-9H,5-6,12H2,1-4H3. The van der Waals surface area contributed by atoms with E-state index in [-0.39, 0.29) is 12.0 Å². The molecule has 5 heteroatoms. The summed E-state index contributed by atoms with van der Waals surface area (Å²) in [5, 5.41) is 3.92. The molecule has 0 saturated heterocycles. The Morgan fingerprint density at radius 2 is 2.06 bits per heavy atom. The van der Waals surface area contributed by atoms with E-state index < -0.39 is 0 Å². The van der Waals surface area contributed by atoms with E-state index in [0.29, 0.717) is 30.8 Å². The van der Waals surface area contributed by atoms with Crippen molar-refractivity contribution in [1.82, 2.24) is 10.1 Å². The summed E-state index contributed by atoms with van der Waals surface area (Å²) < 4.78 is 10.6. The lowest BCUT2D eigenvalue weighted by molar-refractivity contribution is 0.0683. The Hall–Kier alpha value is -0.940. The molecule has 1 rings (SSSR count). The molecule has 0 amide bonds. The first-order chi connectivity index (χ1) is 7.60. The maximum atomic E-state index is 5.69. The Bertz CT molecular complexity index is 312. The van der Waals surface area contributed by atoms with Crippen LogP contribution in [-0.2, 0) is 4.74 Å². The summed E-state index contributed by atoms with van der Waals surface area (Å²) in [6.45, 7) is 9.18. The summed E-state index contributed by atoms with van der Waals surface area (Å²) in [5.74, 6) is 1.71. The van der Waals surface area contributed by atoms with Crippen LogP contribution in [-0.4, -0.2) is 23.3 Å². The minimum absolute atomic E-state index is 0.120. The van der Waals surface area contributed by atoms with Crippen molar-refractivity contribution in [3.8, 4) is 0 Å². The van der Waals surface area contributed by atoms with Gasteiger partial charge in [0.25, 0.3) is 0 Å². The second-order valence-corrected chi connectivity index (χ2v) is 4.17. The summed E-state index contributed by atoms with van der Waals surface area (Å²) in [5.41, 5.74) is 5.69. The molecule has 1 aromatic heterocycles. The van der Waals surface area contributed by atoms with Gasteiger partial charge in [0, 0.05) is 13.2 Å². The van der Waals surface area contributed by atoms with Gasteiger partial charge in [0.1, 0.15) is 6.10 Å². The monoisotopic (exact) mass is 227 g/mol. The average molecular weight is 227 g/mol. The minimum atomic E-state index is -0.131. The fraction of sp³-hybridized carbons (Fsp3) is 0.818. The largest absolute Gasteiger partial charge is 0.371 e. The fourth-order valence-corrected chi connectivity index (χ4v) is 1.55. The second kappa shape index (κ2) is 5.96. The molecule has 0 spiro atoms. The highest BCUT2D eigenvalue weighted by Gasteiger charge is 2.22. The number of ether oxygens (including phenoxy) is 1. The molecule has 0 radical (unpaired) electrons. The van der Waals surface area contributed by atoms with Crippen LogP contribution >= 0.6 is 0 Å². The van der Waals surface area contributed by atoms with Crippen molar-refractivity contribution < 1.29 is 9.26 Å². The van der Waals surface area contributed by atoms with Gasteiger partial charge in [-0.2, -0.15) is 4.98 Å². The lowest BCUT2D eigenvalue weighted by Crippen LogP contribution is -2.18. The maximum absolute atomic E-state index is 5.69. The highest BCUT2D eigenvalue weighted by Crippen LogP contribution is 2.23. The zero-order valence-electron chi connectivity index (χ0n) is 10.4. The molecule has 92 valence electrons. The number of rotatable bonds is 6. The van der Waals surface area contributed by atoms with Crippen LogP contribution in [0.3, 0.4) is 0 Å². The van der Waals surface area contributed by atoms with Crippen LogP contribution in [0.2, 0.25) is 0 Å². The van der Waals surface area contributed by atoms with E-state index in [1.54, 1.807) is 0 Å². The average Bonchev–Trinajstić information content (AvgIpc) is 2.68. The van der Waals surface area contributed by atoms with Gasteiger partial charge < -0.3 is 15.0 Å². The molecular weight excluding hydrogens is 206 g/mol. The lowest BCUT2D eigenvalue weighted by atomic mass is 9.96. The molecule has 2 N–H and O–H groups in total. The number of aromatic nitrogens is 2. The van der Waals surface area contributed by atoms with E-state index in [9.17, 15) is 0 Å². The molecule has 5 nitrogen and oxygen atoms in total. The molecule has 0 fully saturated rings. The minimum Gasteiger partial charge on any atom is -0.371 e. The van der Waals surface area contributed by atoms with Crippen molar-refractivity contribution in [2.75, 3.05) is 13.2 Å². The molecular formula is C11H21N3O2. The van der Waals surface area contributed by atoms with E-state index in [2.05, 4.69) is 24.0 Å². The Morgan fingerprint density at radius 1 is 1.38 bits per heavy atom. The Morgan fingerprint density at radius 3 is 2.56 bits per heavy atom. The van der Waals surface area contributed by atoms with Crippen LogP contribution in [0.5, 0.6) is 0 Å². The van der Waals surface area contributed by atoms with Gasteiger partial charge in [0.15, 0.2) is 5.82 Å². The van der Waals surface area contributed by atoms with Crippen LogP contribution in [0.25, 0.3) is 0 Å². The van der Waals surface area contributed by atoms with Crippen LogP contribution in [0.1, 0.15) is 51.4 Å². The quantitative estimate of drug-likeness (QED) is 0.803. The zero-order valence-corrected chi connectivity index (χ0v) is 10.4. The lowest BCUT2D eigenvalue weighted by Gasteiger charge is -2.13. The number of hydrogen-bond donors (Lipinski definition) is 1. The first kappa shape index (κ1) is 13.1. The zero-order chi connectivity index (χ0) is 12.1. The van der Waals surface area contributed by atoms with E-state index in [1.165, 1.54) is 0 Å². The molecule has 2 unspecified atom stereocenters. The molecule has 0 bridgehead atoms. The van der Waals surface area contributed by atoms with E-state index >= 15 is 0 Å². The molecule has 0 aliphatic carbocycles. The highest BCUT2D eigenvalue weighted by atomic mass is 16.5. The molecule has 0 aromatic carbocycles. The number of hydrogen-bond acceptors (Lipinski definition) is 5. The molecule has 1 aromatic rings. The number of nitrogens with two attached hydrogens (primary N) is 1. The third-order valence-electron chi connectivity index (χ3n) is 2.61. The highest BCUT2D eigenvalue weighted by molar-refractivity contribution is 4.97. The third kappa shape index (κ3) is 3.02. The number of nitrogens with zero attached hydrogens (tertiary/aromatic N) is 2. The molecule has 16 heavy (non-hydrogen) atoms. The van der Waals surface area contributed by atoms with Crippen LogP contribution in [0, 0.1) is 5.92 Å². The smallest absolute Gasteiger partial charge is 0.231 e. The SMILES string of the molecule is CCOC(C)c1noc(C(CN)C(C)C)n1. The summed E-state index contributed by atoms with van der Waals surface area (Å²) in [4.78, 5) is 4.34. The third-order valence-corrected chi connectivity index (χ3v) is 2.61. The summed E-state index contributed by atoms with van der Waals surface area (Å²) in [6, 6.07) is 0. The van der Waals surface area contributed by atoms with Gasteiger partial charge in [0.2, 0.25) is 5.89 Å². The van der Waals surface area contributed by atoms with Crippen molar-refractivity contribution in [2.24, 2.45) is 11.7 Å². The Labute approximate surface area is 96.4 Å². The first-order valence-corrected chi connectivity index (χ1v) is 5.75. The Kier molecular flexibility index (Phi) is 4.89. The maximum Gasteiger partial charge on any atom is 0.231 e. The van der Waals surface area contributed by atoms with Gasteiger partial charge >= 0.3 is 0 Å². The van der Waals surface area contributed by atoms with Gasteiger partial charge in [0.05, 0.1) is 5.92 Å². The van der Waals surface area contributed by atoms with Gasteiger partial charge in [-0.15, -0.1) is 0 Å². The summed E-state index contributed by atoms with van der Waals surface area (Å²) in [7, 11) is 0. The molecule has 1 heterocycles.